The first-order chi connectivity index (χ1) is 18.4. The number of carbonyl (C=O) groups excluding carboxylic acids is 1. The molecule has 0 bridgehead atoms. The highest BCUT2D eigenvalue weighted by Gasteiger charge is 2.34. The molecule has 9 nitrogen and oxygen atoms in total. The van der Waals surface area contributed by atoms with Crippen molar-refractivity contribution in [2.24, 2.45) is 0 Å². The Bertz CT molecular complexity index is 1220. The van der Waals surface area contributed by atoms with Crippen molar-refractivity contribution in [3.05, 3.63) is 72.6 Å². The van der Waals surface area contributed by atoms with E-state index in [2.05, 4.69) is 32.3 Å². The number of amides is 1. The number of nitrogens with two attached hydrogens (primary N) is 1. The molecule has 1 amide bonds. The first-order valence-corrected chi connectivity index (χ1v) is 13.1. The average molecular weight is 517 g/mol. The largest absolute Gasteiger partial charge is 0.397 e. The number of aliphatic hydroxyl groups excluding tert-OH is 1. The topological polar surface area (TPSA) is 116 Å². The molecule has 2 aromatic carbocycles. The van der Waals surface area contributed by atoms with Crippen molar-refractivity contribution >= 4 is 23.0 Å². The molecule has 2 aliphatic heterocycles. The molecule has 0 radical (unpaired) electrons. The molecule has 0 saturated carbocycles. The third-order valence-electron chi connectivity index (χ3n) is 7.49. The number of nitrogen functional groups attached to an aromatic ring is 1. The molecular formula is C29H36N6O3. The highest BCUT2D eigenvalue weighted by atomic mass is 16.5. The number of aliphatic hydroxyl groups is 1. The Morgan fingerprint density at radius 1 is 1.03 bits per heavy atom. The number of pyridine rings is 1. The predicted octanol–water partition coefficient (Wildman–Crippen LogP) is 3.46. The molecule has 9 heteroatoms. The number of piperidine rings is 1. The van der Waals surface area contributed by atoms with Crippen LogP contribution in [0.4, 0.5) is 17.1 Å². The summed E-state index contributed by atoms with van der Waals surface area (Å²) in [5.74, 6) is -0.219. The Balaban J connectivity index is 1.17. The number of nitrogens with zero attached hydrogens (tertiary/aromatic N) is 3. The number of nitrogens with one attached hydrogen (secondary N) is 2. The normalized spacial score (nSPS) is 19.0. The number of ether oxygens (including phenoxy) is 1. The minimum absolute atomic E-state index is 0.0911. The number of carbonyl (C=O) groups is 1. The van der Waals surface area contributed by atoms with E-state index in [0.29, 0.717) is 30.2 Å². The number of rotatable bonds is 7. The maximum atomic E-state index is 13.0. The lowest BCUT2D eigenvalue weighted by atomic mass is 9.89. The van der Waals surface area contributed by atoms with E-state index in [1.807, 2.05) is 48.5 Å². The monoisotopic (exact) mass is 516 g/mol. The third kappa shape index (κ3) is 6.14. The zero-order valence-electron chi connectivity index (χ0n) is 21.8. The van der Waals surface area contributed by atoms with Gasteiger partial charge in [0.05, 0.1) is 24.6 Å². The van der Waals surface area contributed by atoms with Crippen LogP contribution in [0.15, 0.2) is 67.0 Å². The molecule has 1 aromatic heterocycles. The molecule has 1 unspecified atom stereocenters. The maximum absolute atomic E-state index is 13.0. The fourth-order valence-electron chi connectivity index (χ4n) is 5.04. The first kappa shape index (κ1) is 26.1. The molecule has 38 heavy (non-hydrogen) atoms. The number of benzene rings is 2. The van der Waals surface area contributed by atoms with E-state index in [1.54, 1.807) is 18.5 Å². The molecule has 3 heterocycles. The van der Waals surface area contributed by atoms with E-state index in [9.17, 15) is 9.90 Å². The summed E-state index contributed by atoms with van der Waals surface area (Å²) < 4.78 is 5.40. The minimum atomic E-state index is -0.555. The van der Waals surface area contributed by atoms with Crippen molar-refractivity contribution in [2.75, 3.05) is 55.8 Å². The zero-order chi connectivity index (χ0) is 26.5. The lowest BCUT2D eigenvalue weighted by molar-refractivity contribution is -0.146. The van der Waals surface area contributed by atoms with Crippen LogP contribution in [-0.4, -0.2) is 77.1 Å². The third-order valence-corrected chi connectivity index (χ3v) is 7.49. The van der Waals surface area contributed by atoms with Gasteiger partial charge < -0.3 is 26.2 Å². The van der Waals surface area contributed by atoms with Gasteiger partial charge in [0.1, 0.15) is 0 Å². The van der Waals surface area contributed by atoms with Gasteiger partial charge in [0, 0.05) is 60.9 Å². The number of hydrogen-bond donors (Lipinski definition) is 4. The SMILES string of the molecule is CC1(Nc2ccc(C(=O)Nc3cc(-c4cccnc4)ccc3N)cc2)CCN(C(O)N2CCOCC2)CC1. The maximum Gasteiger partial charge on any atom is 0.255 e. The van der Waals surface area contributed by atoms with Crippen molar-refractivity contribution < 1.29 is 14.6 Å². The van der Waals surface area contributed by atoms with E-state index < -0.39 is 6.35 Å². The summed E-state index contributed by atoms with van der Waals surface area (Å²) in [4.78, 5) is 21.3. The molecule has 0 aliphatic carbocycles. The number of aromatic nitrogens is 1. The Labute approximate surface area is 223 Å². The van der Waals surface area contributed by atoms with Gasteiger partial charge in [-0.3, -0.25) is 19.6 Å². The lowest BCUT2D eigenvalue weighted by Gasteiger charge is -2.45. The van der Waals surface area contributed by atoms with Crippen LogP contribution in [0.2, 0.25) is 0 Å². The quantitative estimate of drug-likeness (QED) is 0.353. The fourth-order valence-corrected chi connectivity index (χ4v) is 5.04. The molecule has 2 fully saturated rings. The molecule has 2 aliphatic rings. The van der Waals surface area contributed by atoms with Crippen LogP contribution >= 0.6 is 0 Å². The molecule has 5 rings (SSSR count). The van der Waals surface area contributed by atoms with Crippen LogP contribution in [0.1, 0.15) is 30.1 Å². The van der Waals surface area contributed by atoms with Gasteiger partial charge in [-0.15, -0.1) is 0 Å². The molecule has 2 saturated heterocycles. The Kier molecular flexibility index (Phi) is 7.90. The molecule has 200 valence electrons. The summed E-state index contributed by atoms with van der Waals surface area (Å²) in [7, 11) is 0. The standard InChI is InChI=1S/C29H36N6O3/c1-29(10-13-34(14-11-29)28(37)35-15-17-38-18-16-35)33-24-7-4-21(5-8-24)27(36)32-26-19-22(6-9-25(26)30)23-3-2-12-31-20-23/h2-9,12,19-20,28,33,37H,10-11,13-18,30H2,1H3,(H,32,36). The van der Waals surface area contributed by atoms with Gasteiger partial charge in [0.15, 0.2) is 6.35 Å². The first-order valence-electron chi connectivity index (χ1n) is 13.1. The van der Waals surface area contributed by atoms with Crippen LogP contribution in [-0.2, 0) is 4.74 Å². The van der Waals surface area contributed by atoms with Crippen LogP contribution in [0.5, 0.6) is 0 Å². The van der Waals surface area contributed by atoms with Crippen molar-refractivity contribution in [1.82, 2.24) is 14.8 Å². The van der Waals surface area contributed by atoms with E-state index in [1.165, 1.54) is 0 Å². The second-order valence-electron chi connectivity index (χ2n) is 10.3. The Hall–Kier alpha value is -3.50. The fraction of sp³-hybridized carbons (Fsp3) is 0.379. The number of morpholine rings is 1. The lowest BCUT2D eigenvalue weighted by Crippen LogP contribution is -2.57. The summed E-state index contributed by atoms with van der Waals surface area (Å²) in [6.45, 7) is 6.69. The molecule has 0 spiro atoms. The summed E-state index contributed by atoms with van der Waals surface area (Å²) in [6, 6.07) is 16.9. The van der Waals surface area contributed by atoms with Crippen LogP contribution in [0, 0.1) is 0 Å². The number of anilines is 3. The summed E-state index contributed by atoms with van der Waals surface area (Å²) in [5.41, 5.74) is 10.5. The Morgan fingerprint density at radius 3 is 2.42 bits per heavy atom. The molecule has 5 N–H and O–H groups in total. The minimum Gasteiger partial charge on any atom is -0.397 e. The smallest absolute Gasteiger partial charge is 0.255 e. The molecule has 1 atom stereocenters. The van der Waals surface area contributed by atoms with E-state index in [4.69, 9.17) is 10.5 Å². The summed E-state index contributed by atoms with van der Waals surface area (Å²) in [5, 5.41) is 17.4. The second-order valence-corrected chi connectivity index (χ2v) is 10.3. The molecular weight excluding hydrogens is 480 g/mol. The van der Waals surface area contributed by atoms with Gasteiger partial charge in [-0.25, -0.2) is 0 Å². The van der Waals surface area contributed by atoms with Gasteiger partial charge in [-0.1, -0.05) is 12.1 Å². The zero-order valence-corrected chi connectivity index (χ0v) is 21.8. The summed E-state index contributed by atoms with van der Waals surface area (Å²) >= 11 is 0. The molecule has 3 aromatic rings. The second kappa shape index (κ2) is 11.5. The highest BCUT2D eigenvalue weighted by molar-refractivity contribution is 6.06. The van der Waals surface area contributed by atoms with Gasteiger partial charge in [-0.2, -0.15) is 0 Å². The number of hydrogen-bond acceptors (Lipinski definition) is 8. The van der Waals surface area contributed by atoms with Gasteiger partial charge in [0.2, 0.25) is 0 Å². The van der Waals surface area contributed by atoms with E-state index in [-0.39, 0.29) is 11.4 Å². The van der Waals surface area contributed by atoms with Crippen molar-refractivity contribution in [3.63, 3.8) is 0 Å². The van der Waals surface area contributed by atoms with Crippen LogP contribution in [0.25, 0.3) is 11.1 Å². The number of likely N-dealkylation sites (tertiary alicyclic amines) is 1. The van der Waals surface area contributed by atoms with Crippen LogP contribution in [0.3, 0.4) is 0 Å². The van der Waals surface area contributed by atoms with Crippen molar-refractivity contribution in [3.8, 4) is 11.1 Å². The van der Waals surface area contributed by atoms with Gasteiger partial charge in [-0.05, 0) is 67.8 Å². The van der Waals surface area contributed by atoms with Crippen LogP contribution < -0.4 is 16.4 Å². The predicted molar refractivity (Wildman–Crippen MR) is 150 cm³/mol. The van der Waals surface area contributed by atoms with Crippen molar-refractivity contribution in [2.45, 2.75) is 31.7 Å². The van der Waals surface area contributed by atoms with E-state index >= 15 is 0 Å². The average Bonchev–Trinajstić information content (AvgIpc) is 2.95. The Morgan fingerprint density at radius 2 is 1.74 bits per heavy atom. The highest BCUT2D eigenvalue weighted by Crippen LogP contribution is 2.29. The van der Waals surface area contributed by atoms with Crippen molar-refractivity contribution in [1.29, 1.82) is 0 Å². The van der Waals surface area contributed by atoms with Gasteiger partial charge >= 0.3 is 0 Å². The van der Waals surface area contributed by atoms with Gasteiger partial charge in [0.25, 0.3) is 5.91 Å². The van der Waals surface area contributed by atoms with E-state index in [0.717, 1.165) is 55.8 Å². The summed E-state index contributed by atoms with van der Waals surface area (Å²) in [6.07, 6.45) is 4.76.